The summed E-state index contributed by atoms with van der Waals surface area (Å²) in [6.07, 6.45) is 4.44. The first-order valence-electron chi connectivity index (χ1n) is 9.81. The zero-order valence-electron chi connectivity index (χ0n) is 16.9. The van der Waals surface area contributed by atoms with Crippen molar-refractivity contribution in [3.8, 4) is 0 Å². The zero-order chi connectivity index (χ0) is 20.3. The third kappa shape index (κ3) is 3.92. The molecule has 2 aromatic heterocycles. The Balaban J connectivity index is 1.88. The van der Waals surface area contributed by atoms with Crippen molar-refractivity contribution in [1.82, 2.24) is 24.8 Å². The van der Waals surface area contributed by atoms with Gasteiger partial charge in [0.25, 0.3) is 11.8 Å². The van der Waals surface area contributed by atoms with E-state index in [4.69, 9.17) is 0 Å². The number of carbonyl (C=O) groups excluding carboxylic acids is 2. The van der Waals surface area contributed by atoms with E-state index in [9.17, 15) is 9.59 Å². The molecule has 0 spiro atoms. The summed E-state index contributed by atoms with van der Waals surface area (Å²) in [6.45, 7) is 9.59. The standard InChI is InChI=1S/C20H27N5O2S/c1-5-24(6-2)19(26)15-11-21-18(23-13(15)3)16-9-7-8-10-25(16)20(27)17-14(4)22-12-28-17/h11-12,16H,5-10H2,1-4H3. The molecule has 0 aliphatic carbocycles. The van der Waals surface area contributed by atoms with Gasteiger partial charge in [0, 0.05) is 25.8 Å². The smallest absolute Gasteiger partial charge is 0.266 e. The highest BCUT2D eigenvalue weighted by atomic mass is 32.1. The van der Waals surface area contributed by atoms with E-state index in [0.29, 0.717) is 41.6 Å². The molecule has 3 heterocycles. The number of thiazole rings is 1. The third-order valence-corrected chi connectivity index (χ3v) is 6.20. The SMILES string of the molecule is CCN(CC)C(=O)c1cnc(C2CCCCN2C(=O)c2scnc2C)nc1C. The van der Waals surface area contributed by atoms with Crippen LogP contribution in [0.3, 0.4) is 0 Å². The number of aryl methyl sites for hydroxylation is 2. The fraction of sp³-hybridized carbons (Fsp3) is 0.550. The lowest BCUT2D eigenvalue weighted by atomic mass is 10.0. The van der Waals surface area contributed by atoms with Crippen molar-refractivity contribution in [3.05, 3.63) is 39.4 Å². The normalized spacial score (nSPS) is 16.9. The number of nitrogens with zero attached hydrogens (tertiary/aromatic N) is 5. The molecule has 0 saturated carbocycles. The minimum Gasteiger partial charge on any atom is -0.339 e. The van der Waals surface area contributed by atoms with Crippen LogP contribution < -0.4 is 0 Å². The third-order valence-electron chi connectivity index (χ3n) is 5.28. The maximum absolute atomic E-state index is 13.1. The fourth-order valence-electron chi connectivity index (χ4n) is 3.62. The average Bonchev–Trinajstić information content (AvgIpc) is 3.14. The number of hydrogen-bond donors (Lipinski definition) is 0. The molecule has 1 fully saturated rings. The first kappa shape index (κ1) is 20.4. The van der Waals surface area contributed by atoms with Crippen LogP contribution in [0.4, 0.5) is 0 Å². The molecule has 3 rings (SSSR count). The van der Waals surface area contributed by atoms with Crippen LogP contribution in [0, 0.1) is 13.8 Å². The van der Waals surface area contributed by atoms with Crippen molar-refractivity contribution < 1.29 is 9.59 Å². The van der Waals surface area contributed by atoms with Gasteiger partial charge in [0.15, 0.2) is 5.82 Å². The monoisotopic (exact) mass is 401 g/mol. The molecule has 1 aliphatic rings. The van der Waals surface area contributed by atoms with E-state index >= 15 is 0 Å². The highest BCUT2D eigenvalue weighted by Gasteiger charge is 2.32. The van der Waals surface area contributed by atoms with Crippen LogP contribution in [-0.2, 0) is 0 Å². The van der Waals surface area contributed by atoms with Crippen LogP contribution in [0.5, 0.6) is 0 Å². The topological polar surface area (TPSA) is 79.3 Å². The first-order valence-corrected chi connectivity index (χ1v) is 10.7. The van der Waals surface area contributed by atoms with Crippen molar-refractivity contribution in [1.29, 1.82) is 0 Å². The number of carbonyl (C=O) groups is 2. The molecule has 8 heteroatoms. The Hall–Kier alpha value is -2.35. The van der Waals surface area contributed by atoms with E-state index in [0.717, 1.165) is 25.0 Å². The van der Waals surface area contributed by atoms with Crippen LogP contribution in [0.15, 0.2) is 11.7 Å². The lowest BCUT2D eigenvalue weighted by Gasteiger charge is -2.34. The molecule has 0 aromatic carbocycles. The first-order chi connectivity index (χ1) is 13.5. The predicted molar refractivity (Wildman–Crippen MR) is 109 cm³/mol. The van der Waals surface area contributed by atoms with Gasteiger partial charge in [0.05, 0.1) is 28.5 Å². The van der Waals surface area contributed by atoms with E-state index in [1.807, 2.05) is 32.6 Å². The van der Waals surface area contributed by atoms with Crippen LogP contribution in [0.2, 0.25) is 0 Å². The molecule has 2 amide bonds. The highest BCUT2D eigenvalue weighted by Crippen LogP contribution is 2.31. The number of amides is 2. The highest BCUT2D eigenvalue weighted by molar-refractivity contribution is 7.11. The summed E-state index contributed by atoms with van der Waals surface area (Å²) in [5.41, 5.74) is 3.65. The average molecular weight is 402 g/mol. The summed E-state index contributed by atoms with van der Waals surface area (Å²) in [6, 6.07) is -0.168. The van der Waals surface area contributed by atoms with Crippen LogP contribution >= 0.6 is 11.3 Å². The van der Waals surface area contributed by atoms with Gasteiger partial charge in [-0.05, 0) is 47.0 Å². The van der Waals surface area contributed by atoms with E-state index in [1.54, 1.807) is 16.6 Å². The molecular formula is C20H27N5O2S. The van der Waals surface area contributed by atoms with Crippen molar-refractivity contribution in [2.75, 3.05) is 19.6 Å². The summed E-state index contributed by atoms with van der Waals surface area (Å²) >= 11 is 1.37. The van der Waals surface area contributed by atoms with Crippen LogP contribution in [-0.4, -0.2) is 56.2 Å². The molecule has 28 heavy (non-hydrogen) atoms. The zero-order valence-corrected chi connectivity index (χ0v) is 17.8. The Morgan fingerprint density at radius 2 is 1.93 bits per heavy atom. The van der Waals surface area contributed by atoms with E-state index < -0.39 is 0 Å². The maximum atomic E-state index is 13.1. The van der Waals surface area contributed by atoms with Gasteiger partial charge in [-0.25, -0.2) is 15.0 Å². The molecular weight excluding hydrogens is 374 g/mol. The Labute approximate surface area is 169 Å². The van der Waals surface area contributed by atoms with Crippen LogP contribution in [0.1, 0.15) is 76.4 Å². The van der Waals surface area contributed by atoms with Crippen LogP contribution in [0.25, 0.3) is 0 Å². The largest absolute Gasteiger partial charge is 0.339 e. The summed E-state index contributed by atoms with van der Waals surface area (Å²) in [4.78, 5) is 43.4. The maximum Gasteiger partial charge on any atom is 0.266 e. The van der Waals surface area contributed by atoms with Crippen molar-refractivity contribution in [2.24, 2.45) is 0 Å². The molecule has 150 valence electrons. The van der Waals surface area contributed by atoms with Gasteiger partial charge in [-0.2, -0.15) is 0 Å². The van der Waals surface area contributed by atoms with Gasteiger partial charge in [0.1, 0.15) is 4.88 Å². The molecule has 7 nitrogen and oxygen atoms in total. The molecule has 2 aromatic rings. The van der Waals surface area contributed by atoms with E-state index in [2.05, 4.69) is 15.0 Å². The Morgan fingerprint density at radius 3 is 2.54 bits per heavy atom. The lowest BCUT2D eigenvalue weighted by Crippen LogP contribution is -2.39. The number of likely N-dealkylation sites (tertiary alicyclic amines) is 1. The molecule has 0 bridgehead atoms. The van der Waals surface area contributed by atoms with Gasteiger partial charge < -0.3 is 9.80 Å². The number of aromatic nitrogens is 3. The Morgan fingerprint density at radius 1 is 1.18 bits per heavy atom. The summed E-state index contributed by atoms with van der Waals surface area (Å²) < 4.78 is 0. The fourth-order valence-corrected chi connectivity index (χ4v) is 4.37. The second-order valence-electron chi connectivity index (χ2n) is 6.98. The quantitative estimate of drug-likeness (QED) is 0.767. The second kappa shape index (κ2) is 8.77. The van der Waals surface area contributed by atoms with Gasteiger partial charge >= 0.3 is 0 Å². The number of piperidine rings is 1. The molecule has 1 aliphatic heterocycles. The Bertz CT molecular complexity index is 862. The minimum absolute atomic E-state index is 0.00533. The molecule has 1 unspecified atom stereocenters. The summed E-state index contributed by atoms with van der Waals surface area (Å²) in [5.74, 6) is 0.559. The lowest BCUT2D eigenvalue weighted by molar-refractivity contribution is 0.0602. The molecule has 0 radical (unpaired) electrons. The van der Waals surface area contributed by atoms with Crippen molar-refractivity contribution >= 4 is 23.2 Å². The predicted octanol–water partition coefficient (Wildman–Crippen LogP) is 3.40. The molecule has 0 N–H and O–H groups in total. The number of hydrogen-bond acceptors (Lipinski definition) is 6. The van der Waals surface area contributed by atoms with Gasteiger partial charge in [-0.1, -0.05) is 0 Å². The van der Waals surface area contributed by atoms with Gasteiger partial charge in [-0.3, -0.25) is 9.59 Å². The van der Waals surface area contributed by atoms with Crippen molar-refractivity contribution in [2.45, 2.75) is 53.0 Å². The minimum atomic E-state index is -0.168. The second-order valence-corrected chi connectivity index (χ2v) is 7.84. The van der Waals surface area contributed by atoms with E-state index in [1.165, 1.54) is 11.3 Å². The van der Waals surface area contributed by atoms with E-state index in [-0.39, 0.29) is 17.9 Å². The van der Waals surface area contributed by atoms with Crippen molar-refractivity contribution in [3.63, 3.8) is 0 Å². The van der Waals surface area contributed by atoms with Gasteiger partial charge in [0.2, 0.25) is 0 Å². The number of rotatable bonds is 5. The molecule has 1 saturated heterocycles. The Kier molecular flexibility index (Phi) is 6.39. The summed E-state index contributed by atoms with van der Waals surface area (Å²) in [5, 5.41) is 0. The summed E-state index contributed by atoms with van der Waals surface area (Å²) in [7, 11) is 0. The van der Waals surface area contributed by atoms with Gasteiger partial charge in [-0.15, -0.1) is 11.3 Å². The molecule has 1 atom stereocenters.